The van der Waals surface area contributed by atoms with Gasteiger partial charge in [0.1, 0.15) is 0 Å². The minimum Gasteiger partial charge on any atom is -0.387 e. The lowest BCUT2D eigenvalue weighted by Gasteiger charge is -2.37. The Hall–Kier alpha value is -2.15. The Balaban J connectivity index is 1.80. The number of fused-ring (bicyclic) bond motifs is 2. The number of rotatable bonds is 2. The van der Waals surface area contributed by atoms with Gasteiger partial charge in [0.2, 0.25) is 10.0 Å². The third kappa shape index (κ3) is 2.18. The summed E-state index contributed by atoms with van der Waals surface area (Å²) in [6, 6.07) is 14.0. The third-order valence-electron chi connectivity index (χ3n) is 4.84. The molecule has 1 aliphatic heterocycles. The number of aromatic nitrogens is 1. The lowest BCUT2D eigenvalue weighted by Crippen LogP contribution is -2.46. The number of nitrogens with one attached hydrogen (secondary N) is 1. The third-order valence-corrected chi connectivity index (χ3v) is 6.80. The first-order chi connectivity index (χ1) is 11.5. The van der Waals surface area contributed by atoms with Gasteiger partial charge in [0.25, 0.3) is 0 Å². The summed E-state index contributed by atoms with van der Waals surface area (Å²) in [5, 5.41) is 11.8. The molecule has 124 valence electrons. The van der Waals surface area contributed by atoms with Crippen LogP contribution in [0.4, 0.5) is 0 Å². The molecular formula is C18H18N2O3S. The van der Waals surface area contributed by atoms with E-state index >= 15 is 0 Å². The Labute approximate surface area is 140 Å². The first-order valence-electron chi connectivity index (χ1n) is 7.80. The van der Waals surface area contributed by atoms with Crippen LogP contribution in [0.5, 0.6) is 0 Å². The summed E-state index contributed by atoms with van der Waals surface area (Å²) < 4.78 is 26.8. The second kappa shape index (κ2) is 5.44. The second-order valence-corrected chi connectivity index (χ2v) is 8.10. The molecule has 2 unspecified atom stereocenters. The van der Waals surface area contributed by atoms with Crippen LogP contribution in [-0.4, -0.2) is 35.9 Å². The van der Waals surface area contributed by atoms with E-state index in [1.807, 2.05) is 30.5 Å². The average Bonchev–Trinajstić information content (AvgIpc) is 3.07. The fourth-order valence-corrected chi connectivity index (χ4v) is 5.09. The number of likely N-dealkylation sites (N-methyl/N-ethyl adjacent to an activating group) is 1. The van der Waals surface area contributed by atoms with E-state index in [0.717, 1.165) is 16.5 Å². The van der Waals surface area contributed by atoms with Crippen molar-refractivity contribution in [2.75, 3.05) is 7.05 Å². The van der Waals surface area contributed by atoms with Crippen LogP contribution in [0.3, 0.4) is 0 Å². The molecule has 0 fully saturated rings. The van der Waals surface area contributed by atoms with Crippen molar-refractivity contribution in [3.05, 3.63) is 65.9 Å². The highest BCUT2D eigenvalue weighted by atomic mass is 32.2. The molecule has 24 heavy (non-hydrogen) atoms. The van der Waals surface area contributed by atoms with Gasteiger partial charge in [0.15, 0.2) is 0 Å². The summed E-state index contributed by atoms with van der Waals surface area (Å²) in [4.78, 5) is 3.35. The minimum absolute atomic E-state index is 0.191. The molecule has 2 heterocycles. The number of H-pyrrole nitrogens is 1. The van der Waals surface area contributed by atoms with Crippen LogP contribution in [0.1, 0.15) is 17.2 Å². The molecule has 0 bridgehead atoms. The summed E-state index contributed by atoms with van der Waals surface area (Å²) in [6.45, 7) is 0. The van der Waals surface area contributed by atoms with Gasteiger partial charge in [-0.3, -0.25) is 0 Å². The van der Waals surface area contributed by atoms with Gasteiger partial charge in [0, 0.05) is 29.7 Å². The summed E-state index contributed by atoms with van der Waals surface area (Å²) in [5.41, 5.74) is 2.49. The van der Waals surface area contributed by atoms with Crippen molar-refractivity contribution < 1.29 is 13.5 Å². The van der Waals surface area contributed by atoms with Gasteiger partial charge >= 0.3 is 0 Å². The molecule has 5 nitrogen and oxygen atoms in total. The number of hydrogen-bond acceptors (Lipinski definition) is 3. The Morgan fingerprint density at radius 1 is 1.12 bits per heavy atom. The molecule has 0 amide bonds. The molecule has 0 spiro atoms. The van der Waals surface area contributed by atoms with Gasteiger partial charge in [0.05, 0.1) is 17.0 Å². The summed E-state index contributed by atoms with van der Waals surface area (Å²) in [7, 11) is -2.06. The fraction of sp³-hybridized carbons (Fsp3) is 0.222. The molecule has 1 aliphatic rings. The molecule has 0 saturated heterocycles. The maximum Gasteiger partial charge on any atom is 0.243 e. The molecule has 0 aliphatic carbocycles. The molecule has 2 N–H and O–H groups in total. The van der Waals surface area contributed by atoms with Crippen molar-refractivity contribution in [1.82, 2.24) is 9.29 Å². The zero-order valence-corrected chi connectivity index (χ0v) is 14.0. The number of sulfonamides is 1. The largest absolute Gasteiger partial charge is 0.387 e. The van der Waals surface area contributed by atoms with Gasteiger partial charge in [-0.05, 0) is 30.2 Å². The van der Waals surface area contributed by atoms with E-state index in [9.17, 15) is 13.5 Å². The first kappa shape index (κ1) is 15.4. The van der Waals surface area contributed by atoms with E-state index in [0.29, 0.717) is 12.0 Å². The van der Waals surface area contributed by atoms with Crippen LogP contribution in [0.15, 0.2) is 59.6 Å². The first-order valence-corrected chi connectivity index (χ1v) is 9.24. The normalized spacial score (nSPS) is 23.2. The zero-order chi connectivity index (χ0) is 16.9. The quantitative estimate of drug-likeness (QED) is 0.751. The number of benzene rings is 2. The monoisotopic (exact) mass is 342 g/mol. The van der Waals surface area contributed by atoms with Crippen molar-refractivity contribution in [1.29, 1.82) is 0 Å². The molecule has 2 atom stereocenters. The molecular weight excluding hydrogens is 324 g/mol. The van der Waals surface area contributed by atoms with Gasteiger partial charge in [-0.1, -0.05) is 30.3 Å². The number of aliphatic hydroxyl groups is 1. The Morgan fingerprint density at radius 2 is 1.92 bits per heavy atom. The minimum atomic E-state index is -3.60. The van der Waals surface area contributed by atoms with Crippen LogP contribution in [0.25, 0.3) is 10.9 Å². The highest BCUT2D eigenvalue weighted by Crippen LogP contribution is 2.37. The number of nitrogens with zero attached hydrogens (tertiary/aromatic N) is 1. The Kier molecular flexibility index (Phi) is 3.49. The lowest BCUT2D eigenvalue weighted by molar-refractivity contribution is 0.0893. The van der Waals surface area contributed by atoms with Crippen molar-refractivity contribution in [3.63, 3.8) is 0 Å². The van der Waals surface area contributed by atoms with Crippen molar-refractivity contribution >= 4 is 20.9 Å². The zero-order valence-electron chi connectivity index (χ0n) is 13.2. The molecule has 3 aromatic rings. The van der Waals surface area contributed by atoms with Crippen LogP contribution in [0.2, 0.25) is 0 Å². The lowest BCUT2D eigenvalue weighted by atomic mass is 9.94. The SMILES string of the molecule is CN1C(Cc2cccc3[nH]ccc23)C(O)c2ccccc2S1(=O)=O. The van der Waals surface area contributed by atoms with Crippen molar-refractivity contribution in [3.8, 4) is 0 Å². The number of aromatic amines is 1. The predicted octanol–water partition coefficient (Wildman–Crippen LogP) is 2.45. The van der Waals surface area contributed by atoms with E-state index in [1.54, 1.807) is 24.3 Å². The highest BCUT2D eigenvalue weighted by Gasteiger charge is 2.41. The molecule has 0 radical (unpaired) electrons. The standard InChI is InChI=1S/C18H18N2O3S/c1-20-16(11-12-5-4-7-15-13(12)9-10-19-15)18(21)14-6-2-3-8-17(14)24(20,22)23/h2-10,16,18-19,21H,11H2,1H3. The summed E-state index contributed by atoms with van der Waals surface area (Å²) in [6.07, 6.45) is 1.45. The molecule has 0 saturated carbocycles. The number of aliphatic hydroxyl groups excluding tert-OH is 1. The smallest absolute Gasteiger partial charge is 0.243 e. The van der Waals surface area contributed by atoms with E-state index in [1.165, 1.54) is 11.4 Å². The summed E-state index contributed by atoms with van der Waals surface area (Å²) in [5.74, 6) is 0. The maximum atomic E-state index is 12.8. The van der Waals surface area contributed by atoms with E-state index < -0.39 is 22.2 Å². The average molecular weight is 342 g/mol. The molecule has 6 heteroatoms. The fourth-order valence-electron chi connectivity index (χ4n) is 3.49. The van der Waals surface area contributed by atoms with Crippen LogP contribution < -0.4 is 0 Å². The van der Waals surface area contributed by atoms with Crippen LogP contribution in [0, 0.1) is 0 Å². The Bertz CT molecular complexity index is 1010. The maximum absolute atomic E-state index is 12.8. The van der Waals surface area contributed by atoms with E-state index in [4.69, 9.17) is 0 Å². The van der Waals surface area contributed by atoms with Gasteiger partial charge in [-0.25, -0.2) is 8.42 Å². The molecule has 4 rings (SSSR count). The summed E-state index contributed by atoms with van der Waals surface area (Å²) >= 11 is 0. The predicted molar refractivity (Wildman–Crippen MR) is 92.1 cm³/mol. The van der Waals surface area contributed by atoms with Gasteiger partial charge < -0.3 is 10.1 Å². The topological polar surface area (TPSA) is 73.4 Å². The molecule has 2 aromatic carbocycles. The van der Waals surface area contributed by atoms with E-state index in [-0.39, 0.29) is 4.90 Å². The van der Waals surface area contributed by atoms with Gasteiger partial charge in [-0.15, -0.1) is 0 Å². The van der Waals surface area contributed by atoms with E-state index in [2.05, 4.69) is 4.98 Å². The molecule has 1 aromatic heterocycles. The van der Waals surface area contributed by atoms with Crippen LogP contribution in [-0.2, 0) is 16.4 Å². The highest BCUT2D eigenvalue weighted by molar-refractivity contribution is 7.89. The second-order valence-electron chi connectivity index (χ2n) is 6.13. The van der Waals surface area contributed by atoms with Crippen LogP contribution >= 0.6 is 0 Å². The van der Waals surface area contributed by atoms with Gasteiger partial charge in [-0.2, -0.15) is 4.31 Å². The van der Waals surface area contributed by atoms with Crippen molar-refractivity contribution in [2.24, 2.45) is 0 Å². The Morgan fingerprint density at radius 3 is 2.75 bits per heavy atom. The van der Waals surface area contributed by atoms with Crippen molar-refractivity contribution in [2.45, 2.75) is 23.5 Å². The number of hydrogen-bond donors (Lipinski definition) is 2.